The molecular formula is C16H22N2O3. The quantitative estimate of drug-likeness (QED) is 0.771. The first-order valence-electron chi connectivity index (χ1n) is 7.38. The van der Waals surface area contributed by atoms with Gasteiger partial charge in [-0.1, -0.05) is 37.3 Å². The Bertz CT molecular complexity index is 496. The zero-order valence-corrected chi connectivity index (χ0v) is 12.3. The van der Waals surface area contributed by atoms with E-state index in [1.807, 2.05) is 13.0 Å². The topological polar surface area (TPSA) is 78.4 Å². The molecule has 1 aliphatic rings. The highest BCUT2D eigenvalue weighted by molar-refractivity contribution is 5.88. The van der Waals surface area contributed by atoms with Crippen molar-refractivity contribution in [3.8, 4) is 0 Å². The SMILES string of the molecule is CCC1(C(=O)N[C@H](C(=O)O)c2ccccc2)CCCNC1. The third-order valence-electron chi connectivity index (χ3n) is 4.29. The van der Waals surface area contributed by atoms with Gasteiger partial charge in [0.2, 0.25) is 5.91 Å². The second-order valence-corrected chi connectivity index (χ2v) is 5.57. The minimum Gasteiger partial charge on any atom is -0.479 e. The van der Waals surface area contributed by atoms with Crippen LogP contribution in [-0.4, -0.2) is 30.1 Å². The molecular weight excluding hydrogens is 268 g/mol. The fourth-order valence-corrected chi connectivity index (χ4v) is 2.84. The second-order valence-electron chi connectivity index (χ2n) is 5.57. The van der Waals surface area contributed by atoms with Crippen molar-refractivity contribution in [2.75, 3.05) is 13.1 Å². The summed E-state index contributed by atoms with van der Waals surface area (Å²) in [5.74, 6) is -1.21. The molecule has 1 aromatic rings. The summed E-state index contributed by atoms with van der Waals surface area (Å²) in [5, 5.41) is 15.4. The maximum atomic E-state index is 12.6. The Morgan fingerprint density at radius 2 is 2.10 bits per heavy atom. The Labute approximate surface area is 124 Å². The summed E-state index contributed by atoms with van der Waals surface area (Å²) in [7, 11) is 0. The monoisotopic (exact) mass is 290 g/mol. The largest absolute Gasteiger partial charge is 0.479 e. The fourth-order valence-electron chi connectivity index (χ4n) is 2.84. The molecule has 1 heterocycles. The molecule has 114 valence electrons. The highest BCUT2D eigenvalue weighted by Gasteiger charge is 2.39. The van der Waals surface area contributed by atoms with E-state index < -0.39 is 17.4 Å². The van der Waals surface area contributed by atoms with Gasteiger partial charge in [-0.05, 0) is 31.4 Å². The zero-order chi connectivity index (χ0) is 15.3. The van der Waals surface area contributed by atoms with Gasteiger partial charge in [0, 0.05) is 6.54 Å². The van der Waals surface area contributed by atoms with Crippen molar-refractivity contribution in [2.45, 2.75) is 32.2 Å². The van der Waals surface area contributed by atoms with Gasteiger partial charge < -0.3 is 15.7 Å². The number of piperidine rings is 1. The van der Waals surface area contributed by atoms with Crippen molar-refractivity contribution >= 4 is 11.9 Å². The Kier molecular flexibility index (Phi) is 4.96. The van der Waals surface area contributed by atoms with Gasteiger partial charge >= 0.3 is 5.97 Å². The number of hydrogen-bond acceptors (Lipinski definition) is 3. The van der Waals surface area contributed by atoms with Gasteiger partial charge in [0.05, 0.1) is 5.41 Å². The molecule has 0 radical (unpaired) electrons. The molecule has 1 unspecified atom stereocenters. The van der Waals surface area contributed by atoms with Crippen LogP contribution in [0.1, 0.15) is 37.8 Å². The van der Waals surface area contributed by atoms with Crippen molar-refractivity contribution in [3.63, 3.8) is 0 Å². The number of amides is 1. The lowest BCUT2D eigenvalue weighted by molar-refractivity contribution is -0.144. The molecule has 21 heavy (non-hydrogen) atoms. The Morgan fingerprint density at radius 3 is 2.62 bits per heavy atom. The predicted octanol–water partition coefficient (Wildman–Crippen LogP) is 1.71. The maximum absolute atomic E-state index is 12.6. The maximum Gasteiger partial charge on any atom is 0.330 e. The molecule has 2 atom stereocenters. The molecule has 5 heteroatoms. The van der Waals surface area contributed by atoms with Gasteiger partial charge in [0.1, 0.15) is 0 Å². The standard InChI is InChI=1S/C16H22N2O3/c1-2-16(9-6-10-17-11-16)15(21)18-13(14(19)20)12-7-4-3-5-8-12/h3-5,7-8,13,17H,2,6,9-11H2,1H3,(H,18,21)(H,19,20)/t13-,16?/m0/s1. The summed E-state index contributed by atoms with van der Waals surface area (Å²) in [6, 6.07) is 7.81. The molecule has 1 amide bonds. The third-order valence-corrected chi connectivity index (χ3v) is 4.29. The first-order valence-corrected chi connectivity index (χ1v) is 7.38. The average Bonchev–Trinajstić information content (AvgIpc) is 2.53. The number of carbonyl (C=O) groups is 2. The van der Waals surface area contributed by atoms with Crippen molar-refractivity contribution in [1.82, 2.24) is 10.6 Å². The van der Waals surface area contributed by atoms with Gasteiger partial charge in [-0.25, -0.2) is 4.79 Å². The number of nitrogens with one attached hydrogen (secondary N) is 2. The molecule has 1 aliphatic heterocycles. The van der Waals surface area contributed by atoms with E-state index in [2.05, 4.69) is 10.6 Å². The Morgan fingerprint density at radius 1 is 1.38 bits per heavy atom. The molecule has 5 nitrogen and oxygen atoms in total. The van der Waals surface area contributed by atoms with E-state index in [1.54, 1.807) is 24.3 Å². The van der Waals surface area contributed by atoms with Crippen LogP contribution < -0.4 is 10.6 Å². The van der Waals surface area contributed by atoms with Crippen LogP contribution in [0.5, 0.6) is 0 Å². The summed E-state index contributed by atoms with van der Waals surface area (Å²) in [6.45, 7) is 3.50. The van der Waals surface area contributed by atoms with Gasteiger partial charge in [-0.15, -0.1) is 0 Å². The minimum absolute atomic E-state index is 0.173. The summed E-state index contributed by atoms with van der Waals surface area (Å²) in [4.78, 5) is 24.1. The summed E-state index contributed by atoms with van der Waals surface area (Å²) in [5.41, 5.74) is 0.0918. The second kappa shape index (κ2) is 6.72. The first kappa shape index (κ1) is 15.5. The third kappa shape index (κ3) is 3.42. The van der Waals surface area contributed by atoms with E-state index in [-0.39, 0.29) is 5.91 Å². The van der Waals surface area contributed by atoms with E-state index in [0.717, 1.165) is 19.4 Å². The average molecular weight is 290 g/mol. The lowest BCUT2D eigenvalue weighted by atomic mass is 9.77. The van der Waals surface area contributed by atoms with E-state index in [4.69, 9.17) is 0 Å². The number of aliphatic carboxylic acids is 1. The van der Waals surface area contributed by atoms with Gasteiger partial charge in [0.15, 0.2) is 6.04 Å². The molecule has 1 fully saturated rings. The van der Waals surface area contributed by atoms with E-state index in [1.165, 1.54) is 0 Å². The molecule has 3 N–H and O–H groups in total. The number of carboxylic acids is 1. The van der Waals surface area contributed by atoms with Crippen molar-refractivity contribution in [2.24, 2.45) is 5.41 Å². The van der Waals surface area contributed by atoms with Gasteiger partial charge in [0.25, 0.3) is 0 Å². The normalized spacial score (nSPS) is 23.3. The smallest absolute Gasteiger partial charge is 0.330 e. The van der Waals surface area contributed by atoms with Crippen molar-refractivity contribution in [1.29, 1.82) is 0 Å². The van der Waals surface area contributed by atoms with Crippen LogP contribution in [0.4, 0.5) is 0 Å². The van der Waals surface area contributed by atoms with Crippen LogP contribution in [0.25, 0.3) is 0 Å². The van der Waals surface area contributed by atoms with Crippen LogP contribution in [0.15, 0.2) is 30.3 Å². The molecule has 0 bridgehead atoms. The molecule has 0 aromatic heterocycles. The van der Waals surface area contributed by atoms with Crippen molar-refractivity contribution in [3.05, 3.63) is 35.9 Å². The predicted molar refractivity (Wildman–Crippen MR) is 79.8 cm³/mol. The molecule has 0 spiro atoms. The summed E-state index contributed by atoms with van der Waals surface area (Å²) in [6.07, 6.45) is 2.43. The zero-order valence-electron chi connectivity index (χ0n) is 12.3. The molecule has 2 rings (SSSR count). The van der Waals surface area contributed by atoms with Crippen molar-refractivity contribution < 1.29 is 14.7 Å². The molecule has 0 aliphatic carbocycles. The van der Waals surface area contributed by atoms with E-state index >= 15 is 0 Å². The number of carbonyl (C=O) groups excluding carboxylic acids is 1. The van der Waals surface area contributed by atoms with E-state index in [9.17, 15) is 14.7 Å². The van der Waals surface area contributed by atoms with Crippen LogP contribution in [0, 0.1) is 5.41 Å². The lowest BCUT2D eigenvalue weighted by Crippen LogP contribution is -2.51. The van der Waals surface area contributed by atoms with Crippen LogP contribution in [0.3, 0.4) is 0 Å². The molecule has 1 aromatic carbocycles. The Balaban J connectivity index is 2.16. The van der Waals surface area contributed by atoms with Crippen LogP contribution in [-0.2, 0) is 9.59 Å². The number of hydrogen-bond donors (Lipinski definition) is 3. The fraction of sp³-hybridized carbons (Fsp3) is 0.500. The molecule has 1 saturated heterocycles. The van der Waals surface area contributed by atoms with Gasteiger partial charge in [-0.2, -0.15) is 0 Å². The molecule has 0 saturated carbocycles. The number of carboxylic acid groups (broad SMARTS) is 1. The first-order chi connectivity index (χ1) is 10.1. The summed E-state index contributed by atoms with van der Waals surface area (Å²) < 4.78 is 0. The number of benzene rings is 1. The minimum atomic E-state index is -1.04. The number of rotatable bonds is 5. The Hall–Kier alpha value is -1.88. The highest BCUT2D eigenvalue weighted by Crippen LogP contribution is 2.31. The van der Waals surface area contributed by atoms with E-state index in [0.29, 0.717) is 18.5 Å². The van der Waals surface area contributed by atoms with Crippen LogP contribution in [0.2, 0.25) is 0 Å². The van der Waals surface area contributed by atoms with Crippen LogP contribution >= 0.6 is 0 Å². The summed E-state index contributed by atoms with van der Waals surface area (Å²) >= 11 is 0. The lowest BCUT2D eigenvalue weighted by Gasteiger charge is -2.36. The van der Waals surface area contributed by atoms with Gasteiger partial charge in [-0.3, -0.25) is 4.79 Å². The highest BCUT2D eigenvalue weighted by atomic mass is 16.4.